The lowest BCUT2D eigenvalue weighted by atomic mass is 10.2. The summed E-state index contributed by atoms with van der Waals surface area (Å²) in [5, 5.41) is 3.16. The minimum atomic E-state index is -0.366. The van der Waals surface area contributed by atoms with Crippen LogP contribution in [-0.4, -0.2) is 34.2 Å². The number of aromatic nitrogens is 3. The monoisotopic (exact) mass is 260 g/mol. The van der Waals surface area contributed by atoms with Crippen molar-refractivity contribution in [2.45, 2.75) is 6.42 Å². The Morgan fingerprint density at radius 3 is 2.95 bits per heavy atom. The molecule has 2 heterocycles. The van der Waals surface area contributed by atoms with E-state index in [0.29, 0.717) is 17.9 Å². The average molecular weight is 260 g/mol. The van der Waals surface area contributed by atoms with Crippen LogP contribution in [-0.2, 0) is 18.2 Å². The zero-order valence-electron chi connectivity index (χ0n) is 11.0. The number of hydrogen-bond acceptors (Lipinski definition) is 5. The first-order valence-corrected chi connectivity index (χ1v) is 5.95. The van der Waals surface area contributed by atoms with Gasteiger partial charge in [0.1, 0.15) is 11.6 Å². The topological polar surface area (TPSA) is 69.0 Å². The Balaban J connectivity index is 1.93. The van der Waals surface area contributed by atoms with Gasteiger partial charge in [-0.3, -0.25) is 0 Å². The molecule has 0 spiro atoms. The van der Waals surface area contributed by atoms with Crippen LogP contribution in [0.3, 0.4) is 0 Å². The van der Waals surface area contributed by atoms with E-state index in [-0.39, 0.29) is 5.97 Å². The average Bonchev–Trinajstić information content (AvgIpc) is 2.84. The van der Waals surface area contributed by atoms with Crippen molar-refractivity contribution in [3.8, 4) is 0 Å². The van der Waals surface area contributed by atoms with Gasteiger partial charge in [-0.1, -0.05) is 0 Å². The highest BCUT2D eigenvalue weighted by molar-refractivity contribution is 5.89. The Morgan fingerprint density at radius 2 is 2.26 bits per heavy atom. The Morgan fingerprint density at radius 1 is 1.42 bits per heavy atom. The Kier molecular flexibility index (Phi) is 4.12. The van der Waals surface area contributed by atoms with Gasteiger partial charge in [0, 0.05) is 38.6 Å². The highest BCUT2D eigenvalue weighted by atomic mass is 16.5. The summed E-state index contributed by atoms with van der Waals surface area (Å²) >= 11 is 0. The van der Waals surface area contributed by atoms with Crippen LogP contribution < -0.4 is 5.32 Å². The number of esters is 1. The number of nitrogens with zero attached hydrogens (tertiary/aromatic N) is 3. The molecule has 0 saturated carbocycles. The molecule has 0 saturated heterocycles. The molecule has 0 aromatic carbocycles. The molecule has 6 nitrogen and oxygen atoms in total. The van der Waals surface area contributed by atoms with Crippen LogP contribution in [0.2, 0.25) is 0 Å². The van der Waals surface area contributed by atoms with E-state index in [2.05, 4.69) is 20.0 Å². The molecule has 0 bridgehead atoms. The number of pyridine rings is 1. The van der Waals surface area contributed by atoms with Crippen molar-refractivity contribution in [1.29, 1.82) is 0 Å². The number of carbonyl (C=O) groups is 1. The molecule has 2 aromatic rings. The normalized spacial score (nSPS) is 10.2. The van der Waals surface area contributed by atoms with Gasteiger partial charge in [-0.15, -0.1) is 0 Å². The fraction of sp³-hybridized carbons (Fsp3) is 0.308. The molecule has 0 atom stereocenters. The molecule has 0 unspecified atom stereocenters. The van der Waals surface area contributed by atoms with Crippen LogP contribution >= 0.6 is 0 Å². The lowest BCUT2D eigenvalue weighted by Crippen LogP contribution is -2.10. The highest BCUT2D eigenvalue weighted by Gasteiger charge is 2.06. The van der Waals surface area contributed by atoms with Crippen molar-refractivity contribution in [1.82, 2.24) is 14.5 Å². The van der Waals surface area contributed by atoms with E-state index < -0.39 is 0 Å². The number of ether oxygens (including phenoxy) is 1. The summed E-state index contributed by atoms with van der Waals surface area (Å²) in [6, 6.07) is 3.29. The number of anilines is 1. The highest BCUT2D eigenvalue weighted by Crippen LogP contribution is 2.08. The summed E-state index contributed by atoms with van der Waals surface area (Å²) in [5.41, 5.74) is 0.483. The van der Waals surface area contributed by atoms with Gasteiger partial charge in [0.15, 0.2) is 0 Å². The maximum Gasteiger partial charge on any atom is 0.338 e. The summed E-state index contributed by atoms with van der Waals surface area (Å²) in [5.74, 6) is 1.28. The molecule has 1 N–H and O–H groups in total. The predicted molar refractivity (Wildman–Crippen MR) is 71.0 cm³/mol. The number of nitrogens with one attached hydrogen (secondary N) is 1. The third kappa shape index (κ3) is 3.31. The second-order valence-electron chi connectivity index (χ2n) is 4.05. The van der Waals surface area contributed by atoms with Crippen LogP contribution in [0, 0.1) is 0 Å². The molecule has 0 radical (unpaired) electrons. The third-order valence-corrected chi connectivity index (χ3v) is 2.76. The molecular formula is C13H16N4O2. The number of imidazole rings is 1. The molecule has 100 valence electrons. The van der Waals surface area contributed by atoms with E-state index >= 15 is 0 Å². The number of aryl methyl sites for hydroxylation is 1. The maximum atomic E-state index is 11.4. The Labute approximate surface area is 111 Å². The van der Waals surface area contributed by atoms with Crippen molar-refractivity contribution >= 4 is 11.8 Å². The largest absolute Gasteiger partial charge is 0.465 e. The van der Waals surface area contributed by atoms with Gasteiger partial charge in [0.05, 0.1) is 12.7 Å². The molecule has 0 amide bonds. The first-order chi connectivity index (χ1) is 9.20. The molecule has 0 aliphatic carbocycles. The number of rotatable bonds is 5. The van der Waals surface area contributed by atoms with Crippen molar-refractivity contribution in [2.75, 3.05) is 19.0 Å². The molecule has 2 aromatic heterocycles. The first-order valence-electron chi connectivity index (χ1n) is 5.95. The van der Waals surface area contributed by atoms with Gasteiger partial charge in [-0.25, -0.2) is 14.8 Å². The first kappa shape index (κ1) is 13.1. The van der Waals surface area contributed by atoms with Crippen LogP contribution in [0.5, 0.6) is 0 Å². The third-order valence-electron chi connectivity index (χ3n) is 2.76. The van der Waals surface area contributed by atoms with Crippen molar-refractivity contribution in [3.05, 3.63) is 42.1 Å². The van der Waals surface area contributed by atoms with E-state index in [1.54, 1.807) is 24.5 Å². The number of carbonyl (C=O) groups excluding carboxylic acids is 1. The molecular weight excluding hydrogens is 244 g/mol. The zero-order chi connectivity index (χ0) is 13.7. The quantitative estimate of drug-likeness (QED) is 0.819. The standard InChI is InChI=1S/C13H16N4O2/c1-17-8-7-16-12(17)4-6-15-11-9-10(3-5-14-11)13(18)19-2/h3,5,7-9H,4,6H2,1-2H3,(H,14,15). The van der Waals surface area contributed by atoms with E-state index in [0.717, 1.165) is 12.2 Å². The summed E-state index contributed by atoms with van der Waals surface area (Å²) in [4.78, 5) is 19.8. The van der Waals surface area contributed by atoms with Crippen molar-refractivity contribution in [2.24, 2.45) is 7.05 Å². The summed E-state index contributed by atoms with van der Waals surface area (Å²) in [7, 11) is 3.31. The van der Waals surface area contributed by atoms with Gasteiger partial charge in [0.2, 0.25) is 0 Å². The van der Waals surface area contributed by atoms with Gasteiger partial charge >= 0.3 is 5.97 Å². The summed E-state index contributed by atoms with van der Waals surface area (Å²) in [6.07, 6.45) is 6.04. The van der Waals surface area contributed by atoms with Gasteiger partial charge in [-0.05, 0) is 12.1 Å². The van der Waals surface area contributed by atoms with Crippen LogP contribution in [0.1, 0.15) is 16.2 Å². The molecule has 0 aliphatic heterocycles. The number of methoxy groups -OCH3 is 1. The lowest BCUT2D eigenvalue weighted by Gasteiger charge is -2.06. The second-order valence-corrected chi connectivity index (χ2v) is 4.05. The molecule has 6 heteroatoms. The number of hydrogen-bond donors (Lipinski definition) is 1. The Bertz CT molecular complexity index is 565. The predicted octanol–water partition coefficient (Wildman–Crippen LogP) is 1.26. The SMILES string of the molecule is COC(=O)c1ccnc(NCCc2nccn2C)c1. The van der Waals surface area contributed by atoms with Gasteiger partial charge < -0.3 is 14.6 Å². The van der Waals surface area contributed by atoms with Crippen LogP contribution in [0.4, 0.5) is 5.82 Å². The fourth-order valence-corrected chi connectivity index (χ4v) is 1.71. The molecule has 2 rings (SSSR count). The van der Waals surface area contributed by atoms with E-state index in [9.17, 15) is 4.79 Å². The minimum absolute atomic E-state index is 0.366. The van der Waals surface area contributed by atoms with Crippen LogP contribution in [0.15, 0.2) is 30.7 Å². The molecule has 0 aliphatic rings. The van der Waals surface area contributed by atoms with Gasteiger partial charge in [-0.2, -0.15) is 0 Å². The second kappa shape index (κ2) is 5.99. The van der Waals surface area contributed by atoms with E-state index in [1.807, 2.05) is 17.8 Å². The minimum Gasteiger partial charge on any atom is -0.465 e. The Hall–Kier alpha value is -2.37. The molecule has 19 heavy (non-hydrogen) atoms. The van der Waals surface area contributed by atoms with E-state index in [1.165, 1.54) is 7.11 Å². The summed E-state index contributed by atoms with van der Waals surface area (Å²) in [6.45, 7) is 0.697. The summed E-state index contributed by atoms with van der Waals surface area (Å²) < 4.78 is 6.63. The molecule has 0 fully saturated rings. The lowest BCUT2D eigenvalue weighted by molar-refractivity contribution is 0.0600. The van der Waals surface area contributed by atoms with E-state index in [4.69, 9.17) is 0 Å². The van der Waals surface area contributed by atoms with Crippen LogP contribution in [0.25, 0.3) is 0 Å². The zero-order valence-corrected chi connectivity index (χ0v) is 11.0. The smallest absolute Gasteiger partial charge is 0.338 e. The fourth-order valence-electron chi connectivity index (χ4n) is 1.71. The van der Waals surface area contributed by atoms with Gasteiger partial charge in [0.25, 0.3) is 0 Å². The van der Waals surface area contributed by atoms with Crippen molar-refractivity contribution < 1.29 is 9.53 Å². The van der Waals surface area contributed by atoms with Crippen molar-refractivity contribution in [3.63, 3.8) is 0 Å². The maximum absolute atomic E-state index is 11.4.